The summed E-state index contributed by atoms with van der Waals surface area (Å²) in [6, 6.07) is 0. The molecule has 0 spiro atoms. The zero-order valence-corrected chi connectivity index (χ0v) is 14.8. The Kier molecular flexibility index (Phi) is 6.62. The van der Waals surface area contributed by atoms with Crippen molar-refractivity contribution in [2.45, 2.75) is 53.6 Å². The summed E-state index contributed by atoms with van der Waals surface area (Å²) >= 11 is 0. The predicted molar refractivity (Wildman–Crippen MR) is 63.0 cm³/mol. The van der Waals surface area contributed by atoms with E-state index in [0.29, 0.717) is 0 Å². The van der Waals surface area contributed by atoms with Gasteiger partial charge in [0.2, 0.25) is 0 Å². The van der Waals surface area contributed by atoms with Gasteiger partial charge in [0.1, 0.15) is 5.57 Å². The van der Waals surface area contributed by atoms with E-state index in [1.165, 1.54) is 0 Å². The third kappa shape index (κ3) is 3.46. The molecule has 1 aliphatic rings. The summed E-state index contributed by atoms with van der Waals surface area (Å²) in [5.74, 6) is -71.3. The van der Waals surface area contributed by atoms with Gasteiger partial charge in [0.15, 0.2) is 5.83 Å². The monoisotopic (exact) mass is 574 g/mol. The minimum Gasteiger partial charge on any atom is -0.204 e. The van der Waals surface area contributed by atoms with Gasteiger partial charge in [-0.2, -0.15) is 92.2 Å². The molecule has 0 aromatic carbocycles. The second kappa shape index (κ2) is 7.48. The van der Waals surface area contributed by atoms with E-state index in [9.17, 15) is 96.6 Å². The van der Waals surface area contributed by atoms with E-state index in [1.807, 2.05) is 0 Å². The van der Waals surface area contributed by atoms with Crippen molar-refractivity contribution in [3.63, 3.8) is 0 Å². The van der Waals surface area contributed by atoms with Crippen molar-refractivity contribution in [2.75, 3.05) is 0 Å². The van der Waals surface area contributed by atoms with Crippen LogP contribution in [-0.4, -0.2) is 53.6 Å². The first-order valence-electron chi connectivity index (χ1n) is 7.41. The van der Waals surface area contributed by atoms with Gasteiger partial charge in [0.25, 0.3) is 6.08 Å². The molecule has 0 bridgehead atoms. The Hall–Kier alpha value is -2.06. The highest BCUT2D eigenvalue weighted by atomic mass is 19.4. The van der Waals surface area contributed by atoms with Crippen LogP contribution in [0.4, 0.5) is 96.6 Å². The molecule has 0 saturated heterocycles. The van der Waals surface area contributed by atoms with Crippen molar-refractivity contribution in [1.82, 2.24) is 0 Å². The molecule has 1 aliphatic carbocycles. The minimum atomic E-state index is -8.92. The Morgan fingerprint density at radius 3 is 1.17 bits per heavy atom. The number of halogens is 22. The highest BCUT2D eigenvalue weighted by Gasteiger charge is 2.92. The van der Waals surface area contributed by atoms with Crippen LogP contribution in [0.25, 0.3) is 0 Å². The summed E-state index contributed by atoms with van der Waals surface area (Å²) in [7, 11) is 0. The third-order valence-corrected chi connectivity index (χ3v) is 4.28. The first kappa shape index (κ1) is 31.0. The molecule has 0 atom stereocenters. The van der Waals surface area contributed by atoms with Gasteiger partial charge in [0, 0.05) is 0 Å². The van der Waals surface area contributed by atoms with Crippen LogP contribution in [0.2, 0.25) is 0 Å². The van der Waals surface area contributed by atoms with Gasteiger partial charge < -0.3 is 0 Å². The van der Waals surface area contributed by atoms with Gasteiger partial charge in [-0.15, -0.1) is 0 Å². The van der Waals surface area contributed by atoms with Gasteiger partial charge in [0.05, 0.1) is 5.57 Å². The van der Waals surface area contributed by atoms with Crippen molar-refractivity contribution in [3.05, 3.63) is 23.1 Å². The smallest absolute Gasteiger partial charge is 0.204 e. The summed E-state index contributed by atoms with van der Waals surface area (Å²) in [6.45, 7) is 0. The van der Waals surface area contributed by atoms with E-state index in [2.05, 4.69) is 0 Å². The molecule has 0 aromatic rings. The zero-order chi connectivity index (χ0) is 28.8. The zero-order valence-electron chi connectivity index (χ0n) is 14.8. The highest BCUT2D eigenvalue weighted by Crippen LogP contribution is 2.66. The molecule has 0 aromatic heterocycles. The standard InChI is InChI=1S/C13F22/c14-3-1(2(4(15)16)6(19,20)8(23,24)7(3,21)22)5(17,18)9(25,26)10(27,28)11(29,30)12(31,32)13(33,34)35. The summed E-state index contributed by atoms with van der Waals surface area (Å²) in [4.78, 5) is 0. The van der Waals surface area contributed by atoms with E-state index >= 15 is 0 Å². The van der Waals surface area contributed by atoms with Crippen LogP contribution in [-0.2, 0) is 0 Å². The summed E-state index contributed by atoms with van der Waals surface area (Å²) in [5, 5.41) is 0. The number of hydrogen-bond acceptors (Lipinski definition) is 0. The maximum atomic E-state index is 13.9. The number of hydrogen-bond donors (Lipinski definition) is 0. The molecule has 0 amide bonds. The van der Waals surface area contributed by atoms with Gasteiger partial charge in [-0.05, 0) is 0 Å². The van der Waals surface area contributed by atoms with Gasteiger partial charge in [-0.1, -0.05) is 0 Å². The van der Waals surface area contributed by atoms with Crippen LogP contribution in [0.15, 0.2) is 23.1 Å². The highest BCUT2D eigenvalue weighted by molar-refractivity contribution is 5.53. The van der Waals surface area contributed by atoms with E-state index in [-0.39, 0.29) is 0 Å². The first-order valence-corrected chi connectivity index (χ1v) is 7.41. The van der Waals surface area contributed by atoms with Crippen LogP contribution >= 0.6 is 0 Å². The van der Waals surface area contributed by atoms with Crippen molar-refractivity contribution in [2.24, 2.45) is 0 Å². The Labute approximate surface area is 174 Å². The second-order valence-electron chi connectivity index (χ2n) is 6.42. The number of alkyl halides is 19. The lowest BCUT2D eigenvalue weighted by atomic mass is 9.78. The topological polar surface area (TPSA) is 0 Å². The third-order valence-electron chi connectivity index (χ3n) is 4.28. The molecule has 206 valence electrons. The summed E-state index contributed by atoms with van der Waals surface area (Å²) in [6.07, 6.45) is -12.9. The lowest BCUT2D eigenvalue weighted by Gasteiger charge is -2.43. The fourth-order valence-electron chi connectivity index (χ4n) is 2.35. The predicted octanol–water partition coefficient (Wildman–Crippen LogP) is 8.02. The van der Waals surface area contributed by atoms with Crippen LogP contribution < -0.4 is 0 Å². The van der Waals surface area contributed by atoms with Crippen molar-refractivity contribution >= 4 is 0 Å². The first-order chi connectivity index (χ1) is 14.8. The molecule has 22 heteroatoms. The van der Waals surface area contributed by atoms with Crippen LogP contribution in [0.3, 0.4) is 0 Å². The van der Waals surface area contributed by atoms with E-state index < -0.39 is 76.6 Å². The van der Waals surface area contributed by atoms with E-state index in [4.69, 9.17) is 0 Å². The number of rotatable bonds is 5. The Balaban J connectivity index is 4.14. The Bertz CT molecular complexity index is 921. The molecule has 0 unspecified atom stereocenters. The second-order valence-corrected chi connectivity index (χ2v) is 6.42. The molecule has 0 aliphatic heterocycles. The lowest BCUT2D eigenvalue weighted by Crippen LogP contribution is -2.71. The summed E-state index contributed by atoms with van der Waals surface area (Å²) in [5.41, 5.74) is -10.1. The van der Waals surface area contributed by atoms with E-state index in [0.717, 1.165) is 0 Å². The van der Waals surface area contributed by atoms with Crippen LogP contribution in [0, 0.1) is 0 Å². The molecular formula is C13F22. The van der Waals surface area contributed by atoms with Crippen molar-refractivity contribution < 1.29 is 96.6 Å². The average Bonchev–Trinajstić information content (AvgIpc) is 2.61. The van der Waals surface area contributed by atoms with Crippen molar-refractivity contribution in [1.29, 1.82) is 0 Å². The minimum absolute atomic E-state index is 4.89. The van der Waals surface area contributed by atoms with Crippen LogP contribution in [0.5, 0.6) is 0 Å². The summed E-state index contributed by atoms with van der Waals surface area (Å²) < 4.78 is 288. The van der Waals surface area contributed by atoms with Gasteiger partial charge in [-0.3, -0.25) is 0 Å². The molecule has 0 radical (unpaired) electrons. The quantitative estimate of drug-likeness (QED) is 0.292. The normalized spacial score (nSPS) is 21.9. The molecule has 0 N–H and O–H groups in total. The lowest BCUT2D eigenvalue weighted by molar-refractivity contribution is -0.437. The fraction of sp³-hybridized carbons (Fsp3) is 0.692. The van der Waals surface area contributed by atoms with Gasteiger partial charge >= 0.3 is 53.6 Å². The molecule has 35 heavy (non-hydrogen) atoms. The Morgan fingerprint density at radius 2 is 0.857 bits per heavy atom. The molecule has 0 saturated carbocycles. The van der Waals surface area contributed by atoms with Crippen molar-refractivity contribution in [3.8, 4) is 0 Å². The van der Waals surface area contributed by atoms with E-state index in [1.54, 1.807) is 0 Å². The molecule has 1 rings (SSSR count). The average molecular weight is 574 g/mol. The number of allylic oxidation sites excluding steroid dienone is 3. The SMILES string of the molecule is FC(F)=C1C(C(F)(F)C(F)(F)C(F)(F)C(F)(F)C(F)(F)C(F)(F)F)=C(F)C(F)(F)C(F)(F)C1(F)F. The fourth-order valence-corrected chi connectivity index (χ4v) is 2.35. The van der Waals surface area contributed by atoms with Crippen LogP contribution in [0.1, 0.15) is 0 Å². The maximum absolute atomic E-state index is 13.9. The molecule has 0 heterocycles. The molecular weight excluding hydrogens is 574 g/mol. The van der Waals surface area contributed by atoms with Gasteiger partial charge in [-0.25, -0.2) is 4.39 Å². The Morgan fingerprint density at radius 1 is 0.514 bits per heavy atom. The largest absolute Gasteiger partial charge is 0.460 e. The molecule has 0 nitrogen and oxygen atoms in total. The maximum Gasteiger partial charge on any atom is 0.460 e. The molecule has 0 fully saturated rings.